The second kappa shape index (κ2) is 10.9. The predicted molar refractivity (Wildman–Crippen MR) is 124 cm³/mol. The van der Waals surface area contributed by atoms with Crippen LogP contribution in [0, 0.1) is 19.8 Å². The van der Waals surface area contributed by atoms with Gasteiger partial charge >= 0.3 is 0 Å². The summed E-state index contributed by atoms with van der Waals surface area (Å²) < 4.78 is 0. The highest BCUT2D eigenvalue weighted by atomic mass is 16.2. The van der Waals surface area contributed by atoms with E-state index in [1.165, 1.54) is 5.56 Å². The highest BCUT2D eigenvalue weighted by Gasteiger charge is 2.20. The second-order valence-corrected chi connectivity index (χ2v) is 8.37. The van der Waals surface area contributed by atoms with Crippen molar-refractivity contribution in [2.45, 2.75) is 47.1 Å². The summed E-state index contributed by atoms with van der Waals surface area (Å²) in [6.07, 6.45) is 0.994. The third kappa shape index (κ3) is 6.70. The van der Waals surface area contributed by atoms with Crippen molar-refractivity contribution >= 4 is 17.5 Å². The van der Waals surface area contributed by atoms with Crippen LogP contribution in [0.25, 0.3) is 0 Å². The zero-order chi connectivity index (χ0) is 22.3. The maximum atomic E-state index is 12.6. The minimum atomic E-state index is -0.127. The summed E-state index contributed by atoms with van der Waals surface area (Å²) in [5.41, 5.74) is 5.28. The fraction of sp³-hybridized carbons (Fsp3) is 0.440. The van der Waals surface area contributed by atoms with Gasteiger partial charge in [-0.3, -0.25) is 14.5 Å². The molecule has 0 aliphatic rings. The van der Waals surface area contributed by atoms with Crippen molar-refractivity contribution in [2.24, 2.45) is 5.92 Å². The molecule has 2 aromatic carbocycles. The topological polar surface area (TPSA) is 61.4 Å². The van der Waals surface area contributed by atoms with E-state index in [4.69, 9.17) is 0 Å². The Morgan fingerprint density at radius 2 is 1.50 bits per heavy atom. The first-order chi connectivity index (χ1) is 14.2. The standard InChI is InChI=1S/C25H35N3O2/c1-7-20-11-13-21(14-12-20)24(17(2)3)26-22(29)15-28(6)16-23(30)27-25-18(4)9-8-10-19(25)5/h8-14,17,24H,7,15-16H2,1-6H3,(H,26,29)(H,27,30)/t24-/m0/s1. The van der Waals surface area contributed by atoms with Crippen molar-refractivity contribution in [3.8, 4) is 0 Å². The fourth-order valence-electron chi connectivity index (χ4n) is 3.55. The number of carbonyl (C=O) groups excluding carboxylic acids is 2. The molecule has 0 unspecified atom stereocenters. The summed E-state index contributed by atoms with van der Waals surface area (Å²) in [6, 6.07) is 14.3. The number of nitrogens with zero attached hydrogens (tertiary/aromatic N) is 1. The lowest BCUT2D eigenvalue weighted by Crippen LogP contribution is -2.41. The average Bonchev–Trinajstić information content (AvgIpc) is 2.69. The Morgan fingerprint density at radius 3 is 2.03 bits per heavy atom. The molecule has 2 aromatic rings. The Balaban J connectivity index is 1.92. The normalized spacial score (nSPS) is 12.1. The van der Waals surface area contributed by atoms with E-state index < -0.39 is 0 Å². The molecule has 0 aliphatic heterocycles. The molecule has 0 radical (unpaired) electrons. The van der Waals surface area contributed by atoms with Gasteiger partial charge in [0.25, 0.3) is 0 Å². The third-order valence-electron chi connectivity index (χ3n) is 5.30. The van der Waals surface area contributed by atoms with Crippen LogP contribution in [0.2, 0.25) is 0 Å². The van der Waals surface area contributed by atoms with Crippen LogP contribution in [-0.2, 0) is 16.0 Å². The molecule has 0 fully saturated rings. The van der Waals surface area contributed by atoms with E-state index in [-0.39, 0.29) is 36.9 Å². The van der Waals surface area contributed by atoms with Gasteiger partial charge in [-0.1, -0.05) is 63.2 Å². The minimum Gasteiger partial charge on any atom is -0.348 e. The molecule has 2 amide bonds. The monoisotopic (exact) mass is 409 g/mol. The van der Waals surface area contributed by atoms with Gasteiger partial charge < -0.3 is 10.6 Å². The Hall–Kier alpha value is -2.66. The van der Waals surface area contributed by atoms with Crippen LogP contribution in [0.5, 0.6) is 0 Å². The SMILES string of the molecule is CCc1ccc([C@@H](NC(=O)CN(C)CC(=O)Nc2c(C)cccc2C)C(C)C)cc1. The maximum Gasteiger partial charge on any atom is 0.238 e. The van der Waals surface area contributed by atoms with Gasteiger partial charge in [-0.2, -0.15) is 0 Å². The number of amides is 2. The molecular formula is C25H35N3O2. The highest BCUT2D eigenvalue weighted by Crippen LogP contribution is 2.22. The number of rotatable bonds is 9. The summed E-state index contributed by atoms with van der Waals surface area (Å²) in [4.78, 5) is 26.8. The number of aryl methyl sites for hydroxylation is 3. The van der Waals surface area contributed by atoms with Crippen molar-refractivity contribution in [1.29, 1.82) is 0 Å². The van der Waals surface area contributed by atoms with Gasteiger partial charge in [0.2, 0.25) is 11.8 Å². The Labute approximate surface area is 180 Å². The smallest absolute Gasteiger partial charge is 0.238 e. The van der Waals surface area contributed by atoms with Crippen LogP contribution in [-0.4, -0.2) is 36.9 Å². The maximum absolute atomic E-state index is 12.6. The number of benzene rings is 2. The predicted octanol–water partition coefficient (Wildman–Crippen LogP) is 4.25. The molecule has 0 aromatic heterocycles. The van der Waals surface area contributed by atoms with Crippen LogP contribution in [0.4, 0.5) is 5.69 Å². The Kier molecular flexibility index (Phi) is 8.60. The van der Waals surface area contributed by atoms with Crippen LogP contribution in [0.1, 0.15) is 49.1 Å². The largest absolute Gasteiger partial charge is 0.348 e. The Bertz CT molecular complexity index is 839. The van der Waals surface area contributed by atoms with Crippen molar-refractivity contribution in [3.05, 3.63) is 64.7 Å². The van der Waals surface area contributed by atoms with Gasteiger partial charge in [0.1, 0.15) is 0 Å². The summed E-state index contributed by atoms with van der Waals surface area (Å²) in [6.45, 7) is 10.6. The molecule has 30 heavy (non-hydrogen) atoms. The van der Waals surface area contributed by atoms with Crippen molar-refractivity contribution in [1.82, 2.24) is 10.2 Å². The Morgan fingerprint density at radius 1 is 0.933 bits per heavy atom. The van der Waals surface area contributed by atoms with Gasteiger partial charge in [0, 0.05) is 5.69 Å². The summed E-state index contributed by atoms with van der Waals surface area (Å²) in [5, 5.41) is 6.10. The average molecular weight is 410 g/mol. The lowest BCUT2D eigenvalue weighted by atomic mass is 9.95. The van der Waals surface area contributed by atoms with Gasteiger partial charge in [0.15, 0.2) is 0 Å². The molecule has 1 atom stereocenters. The number of hydrogen-bond acceptors (Lipinski definition) is 3. The first-order valence-electron chi connectivity index (χ1n) is 10.6. The number of para-hydroxylation sites is 1. The minimum absolute atomic E-state index is 0.0553. The van der Waals surface area contributed by atoms with Gasteiger partial charge in [-0.25, -0.2) is 0 Å². The molecule has 0 saturated heterocycles. The fourth-order valence-corrected chi connectivity index (χ4v) is 3.55. The molecule has 0 saturated carbocycles. The van der Waals surface area contributed by atoms with Crippen molar-refractivity contribution < 1.29 is 9.59 Å². The van der Waals surface area contributed by atoms with Gasteiger partial charge in [0.05, 0.1) is 19.1 Å². The molecule has 0 bridgehead atoms. The zero-order valence-electron chi connectivity index (χ0n) is 19.1. The molecule has 162 valence electrons. The number of hydrogen-bond donors (Lipinski definition) is 2. The van der Waals surface area contributed by atoms with Gasteiger partial charge in [-0.15, -0.1) is 0 Å². The molecule has 0 heterocycles. The van der Waals surface area contributed by atoms with Gasteiger partial charge in [-0.05, 0) is 55.5 Å². The quantitative estimate of drug-likeness (QED) is 0.651. The molecule has 5 nitrogen and oxygen atoms in total. The number of likely N-dealkylation sites (N-methyl/N-ethyl adjacent to an activating group) is 1. The lowest BCUT2D eigenvalue weighted by Gasteiger charge is -2.25. The molecular weight excluding hydrogens is 374 g/mol. The van der Waals surface area contributed by atoms with Crippen LogP contribution < -0.4 is 10.6 Å². The van der Waals surface area contributed by atoms with Crippen LogP contribution in [0.15, 0.2) is 42.5 Å². The number of carbonyl (C=O) groups is 2. The summed E-state index contributed by atoms with van der Waals surface area (Å²) in [5.74, 6) is 0.0490. The molecule has 2 N–H and O–H groups in total. The van der Waals surface area contributed by atoms with E-state index >= 15 is 0 Å². The lowest BCUT2D eigenvalue weighted by molar-refractivity contribution is -0.123. The molecule has 0 aliphatic carbocycles. The molecule has 5 heteroatoms. The zero-order valence-corrected chi connectivity index (χ0v) is 19.1. The highest BCUT2D eigenvalue weighted by molar-refractivity contribution is 5.94. The summed E-state index contributed by atoms with van der Waals surface area (Å²) in [7, 11) is 1.78. The third-order valence-corrected chi connectivity index (χ3v) is 5.30. The van der Waals surface area contributed by atoms with E-state index in [9.17, 15) is 9.59 Å². The molecule has 2 rings (SSSR count). The van der Waals surface area contributed by atoms with E-state index in [1.807, 2.05) is 32.0 Å². The van der Waals surface area contributed by atoms with E-state index in [1.54, 1.807) is 11.9 Å². The first-order valence-corrected chi connectivity index (χ1v) is 10.6. The second-order valence-electron chi connectivity index (χ2n) is 8.37. The van der Waals surface area contributed by atoms with E-state index in [0.717, 1.165) is 28.8 Å². The summed E-state index contributed by atoms with van der Waals surface area (Å²) >= 11 is 0. The number of nitrogens with one attached hydrogen (secondary N) is 2. The first kappa shape index (κ1) is 23.6. The van der Waals surface area contributed by atoms with Crippen molar-refractivity contribution in [2.75, 3.05) is 25.5 Å². The van der Waals surface area contributed by atoms with Crippen LogP contribution in [0.3, 0.4) is 0 Å². The van der Waals surface area contributed by atoms with Crippen molar-refractivity contribution in [3.63, 3.8) is 0 Å². The van der Waals surface area contributed by atoms with E-state index in [2.05, 4.69) is 55.7 Å². The van der Waals surface area contributed by atoms with Crippen LogP contribution >= 0.6 is 0 Å². The van der Waals surface area contributed by atoms with E-state index in [0.29, 0.717) is 0 Å². The number of anilines is 1. The molecule has 0 spiro atoms.